The summed E-state index contributed by atoms with van der Waals surface area (Å²) in [6.45, 7) is 3.47. The van der Waals surface area contributed by atoms with Crippen LogP contribution in [0.3, 0.4) is 0 Å². The van der Waals surface area contributed by atoms with Gasteiger partial charge in [-0.25, -0.2) is 0 Å². The number of fused-ring (bicyclic) bond motifs is 1. The molecular weight excluding hydrogens is 282 g/mol. The molecule has 0 saturated carbocycles. The molecule has 0 saturated heterocycles. The highest BCUT2D eigenvalue weighted by atomic mass is 19.4. The van der Waals surface area contributed by atoms with Crippen molar-refractivity contribution in [1.29, 1.82) is 0 Å². The first-order valence-corrected chi connectivity index (χ1v) is 5.64. The fourth-order valence-corrected chi connectivity index (χ4v) is 2.17. The van der Waals surface area contributed by atoms with Gasteiger partial charge in [0.15, 0.2) is 0 Å². The molecule has 0 spiro atoms. The van der Waals surface area contributed by atoms with Gasteiger partial charge in [0.25, 0.3) is 0 Å². The van der Waals surface area contributed by atoms with Crippen molar-refractivity contribution in [3.63, 3.8) is 0 Å². The quantitative estimate of drug-likeness (QED) is 0.629. The Labute approximate surface area is 111 Å². The molecule has 2 aromatic rings. The Bertz CT molecular complexity index is 636. The van der Waals surface area contributed by atoms with Crippen LogP contribution in [0.4, 0.5) is 26.3 Å². The van der Waals surface area contributed by atoms with E-state index in [1.54, 1.807) is 0 Å². The number of benzene rings is 2. The van der Waals surface area contributed by atoms with Crippen LogP contribution in [-0.4, -0.2) is 0 Å². The van der Waals surface area contributed by atoms with Crippen molar-refractivity contribution < 1.29 is 26.3 Å². The zero-order chi connectivity index (χ0) is 15.1. The van der Waals surface area contributed by atoms with Gasteiger partial charge < -0.3 is 0 Å². The van der Waals surface area contributed by atoms with Crippen LogP contribution in [-0.2, 0) is 18.8 Å². The van der Waals surface area contributed by atoms with Crippen LogP contribution in [0.25, 0.3) is 10.8 Å². The van der Waals surface area contributed by atoms with Crippen LogP contribution in [0.5, 0.6) is 0 Å². The van der Waals surface area contributed by atoms with Crippen LogP contribution in [0.15, 0.2) is 30.3 Å². The highest BCUT2D eigenvalue weighted by Gasteiger charge is 2.37. The number of alkyl halides is 6. The van der Waals surface area contributed by atoms with Crippen molar-refractivity contribution in [1.82, 2.24) is 0 Å². The van der Waals surface area contributed by atoms with Gasteiger partial charge in [0.2, 0.25) is 0 Å². The normalized spacial score (nSPS) is 12.9. The molecule has 0 fully saturated rings. The Kier molecular flexibility index (Phi) is 3.44. The van der Waals surface area contributed by atoms with Gasteiger partial charge in [0.05, 0.1) is 11.1 Å². The second-order valence-corrected chi connectivity index (χ2v) is 4.25. The van der Waals surface area contributed by atoms with E-state index in [-0.39, 0.29) is 12.0 Å². The molecule has 107 valence electrons. The fourth-order valence-electron chi connectivity index (χ4n) is 2.17. The molecule has 0 aliphatic carbocycles. The SMILES string of the molecule is [CH2]Cc1ccc(C(F)(F)F)c2cccc(C(F)(F)F)c12. The van der Waals surface area contributed by atoms with Crippen LogP contribution in [0.2, 0.25) is 0 Å². The molecule has 0 aromatic heterocycles. The lowest BCUT2D eigenvalue weighted by Crippen LogP contribution is -2.10. The van der Waals surface area contributed by atoms with Crippen LogP contribution in [0.1, 0.15) is 16.7 Å². The van der Waals surface area contributed by atoms with E-state index < -0.39 is 34.3 Å². The van der Waals surface area contributed by atoms with Gasteiger partial charge in [-0.3, -0.25) is 0 Å². The summed E-state index contributed by atoms with van der Waals surface area (Å²) in [7, 11) is 0. The van der Waals surface area contributed by atoms with Crippen LogP contribution in [0, 0.1) is 6.92 Å². The van der Waals surface area contributed by atoms with Crippen LogP contribution >= 0.6 is 0 Å². The summed E-state index contributed by atoms with van der Waals surface area (Å²) in [5.74, 6) is 0. The number of halogens is 6. The average molecular weight is 291 g/mol. The zero-order valence-electron chi connectivity index (χ0n) is 10.1. The van der Waals surface area contributed by atoms with Crippen molar-refractivity contribution in [3.8, 4) is 0 Å². The molecule has 6 heteroatoms. The molecule has 0 unspecified atom stereocenters. The monoisotopic (exact) mass is 291 g/mol. The van der Waals surface area contributed by atoms with Gasteiger partial charge in [0.1, 0.15) is 0 Å². The molecule has 0 atom stereocenters. The highest BCUT2D eigenvalue weighted by molar-refractivity contribution is 5.92. The third kappa shape index (κ3) is 2.46. The predicted octanol–water partition coefficient (Wildman–Crippen LogP) is 5.25. The Morgan fingerprint density at radius 3 is 1.90 bits per heavy atom. The Morgan fingerprint density at radius 1 is 0.800 bits per heavy atom. The van der Waals surface area contributed by atoms with Crippen molar-refractivity contribution in [2.75, 3.05) is 0 Å². The van der Waals surface area contributed by atoms with E-state index in [2.05, 4.69) is 6.92 Å². The first-order valence-electron chi connectivity index (χ1n) is 5.64. The molecule has 0 aliphatic rings. The second-order valence-electron chi connectivity index (χ2n) is 4.25. The summed E-state index contributed by atoms with van der Waals surface area (Å²) in [6, 6.07) is 4.65. The van der Waals surface area contributed by atoms with Gasteiger partial charge in [0, 0.05) is 0 Å². The third-order valence-electron chi connectivity index (χ3n) is 3.01. The van der Waals surface area contributed by atoms with E-state index in [4.69, 9.17) is 0 Å². The van der Waals surface area contributed by atoms with Gasteiger partial charge in [-0.1, -0.05) is 18.2 Å². The van der Waals surface area contributed by atoms with E-state index in [0.29, 0.717) is 0 Å². The molecule has 0 heterocycles. The Balaban J connectivity index is 2.93. The van der Waals surface area contributed by atoms with Gasteiger partial charge in [-0.05, 0) is 41.8 Å². The van der Waals surface area contributed by atoms with Crippen molar-refractivity contribution in [2.45, 2.75) is 18.8 Å². The maximum Gasteiger partial charge on any atom is 0.417 e. The van der Waals surface area contributed by atoms with E-state index in [1.807, 2.05) is 0 Å². The van der Waals surface area contributed by atoms with E-state index in [1.165, 1.54) is 0 Å². The molecule has 20 heavy (non-hydrogen) atoms. The molecule has 0 aliphatic heterocycles. The smallest absolute Gasteiger partial charge is 0.166 e. The van der Waals surface area contributed by atoms with Crippen molar-refractivity contribution >= 4 is 10.8 Å². The standard InChI is InChI=1S/C14H9F6/c1-2-8-6-7-10(13(15,16)17)9-4-3-5-11(12(8)9)14(18,19)20/h3-7H,1-2H2. The largest absolute Gasteiger partial charge is 0.417 e. The molecular formula is C14H9F6. The third-order valence-corrected chi connectivity index (χ3v) is 3.01. The maximum atomic E-state index is 13.0. The molecule has 2 aromatic carbocycles. The fraction of sp³-hybridized carbons (Fsp3) is 0.214. The lowest BCUT2D eigenvalue weighted by atomic mass is 9.94. The summed E-state index contributed by atoms with van der Waals surface area (Å²) in [5, 5.41) is -0.877. The van der Waals surface area contributed by atoms with Crippen molar-refractivity contribution in [3.05, 3.63) is 53.9 Å². The molecule has 0 bridgehead atoms. The molecule has 0 amide bonds. The lowest BCUT2D eigenvalue weighted by molar-refractivity contribution is -0.138. The highest BCUT2D eigenvalue weighted by Crippen LogP contribution is 2.41. The predicted molar refractivity (Wildman–Crippen MR) is 63.0 cm³/mol. The van der Waals surface area contributed by atoms with Crippen LogP contribution < -0.4 is 0 Å². The van der Waals surface area contributed by atoms with E-state index in [0.717, 1.165) is 30.3 Å². The molecule has 0 nitrogen and oxygen atoms in total. The second kappa shape index (κ2) is 4.68. The maximum absolute atomic E-state index is 13.0. The van der Waals surface area contributed by atoms with Gasteiger partial charge >= 0.3 is 12.4 Å². The summed E-state index contributed by atoms with van der Waals surface area (Å²) in [6.07, 6.45) is -9.45. The average Bonchev–Trinajstić information content (AvgIpc) is 2.34. The summed E-state index contributed by atoms with van der Waals surface area (Å²) in [4.78, 5) is 0. The summed E-state index contributed by atoms with van der Waals surface area (Å²) >= 11 is 0. The van der Waals surface area contributed by atoms with Gasteiger partial charge in [-0.15, -0.1) is 0 Å². The number of hydrogen-bond donors (Lipinski definition) is 0. The number of rotatable bonds is 1. The molecule has 0 N–H and O–H groups in total. The van der Waals surface area contributed by atoms with E-state index >= 15 is 0 Å². The first-order chi connectivity index (χ1) is 9.16. The minimum Gasteiger partial charge on any atom is -0.166 e. The first kappa shape index (κ1) is 14.7. The lowest BCUT2D eigenvalue weighted by Gasteiger charge is -2.17. The Hall–Kier alpha value is -1.72. The topological polar surface area (TPSA) is 0 Å². The molecule has 1 radical (unpaired) electrons. The van der Waals surface area contributed by atoms with E-state index in [9.17, 15) is 26.3 Å². The van der Waals surface area contributed by atoms with Gasteiger partial charge in [-0.2, -0.15) is 26.3 Å². The number of hydrogen-bond acceptors (Lipinski definition) is 0. The Morgan fingerprint density at radius 2 is 1.40 bits per heavy atom. The zero-order valence-corrected chi connectivity index (χ0v) is 10.1. The minimum atomic E-state index is -4.71. The molecule has 2 rings (SSSR count). The summed E-state index contributed by atoms with van der Waals surface area (Å²) < 4.78 is 77.5. The van der Waals surface area contributed by atoms with Crippen molar-refractivity contribution in [2.24, 2.45) is 0 Å². The minimum absolute atomic E-state index is 0.0261. The summed E-state index contributed by atoms with van der Waals surface area (Å²) in [5.41, 5.74) is -2.00.